The lowest BCUT2D eigenvalue weighted by molar-refractivity contribution is 0.449. The van der Waals surface area contributed by atoms with Crippen LogP contribution in [-0.4, -0.2) is 23.1 Å². The fourth-order valence-corrected chi connectivity index (χ4v) is 2.47. The van der Waals surface area contributed by atoms with Crippen molar-refractivity contribution in [3.05, 3.63) is 41.9 Å². The van der Waals surface area contributed by atoms with Crippen LogP contribution in [0.25, 0.3) is 11.3 Å². The number of benzene rings is 1. The highest BCUT2D eigenvalue weighted by Crippen LogP contribution is 2.26. The first-order valence-electron chi connectivity index (χ1n) is 6.45. The maximum Gasteiger partial charge on any atom is 0.132 e. The van der Waals surface area contributed by atoms with Crippen LogP contribution < -0.4 is 5.32 Å². The molecule has 0 bridgehead atoms. The molecule has 1 fully saturated rings. The average Bonchev–Trinajstić information content (AvgIpc) is 2.92. The van der Waals surface area contributed by atoms with E-state index < -0.39 is 11.6 Å². The molecule has 0 radical (unpaired) electrons. The van der Waals surface area contributed by atoms with Crippen LogP contribution in [0.15, 0.2) is 24.4 Å². The maximum absolute atomic E-state index is 13.7. The van der Waals surface area contributed by atoms with Crippen LogP contribution in [-0.2, 0) is 0 Å². The number of aromatic amines is 1. The lowest BCUT2D eigenvalue weighted by atomic mass is 9.99. The van der Waals surface area contributed by atoms with Gasteiger partial charge < -0.3 is 10.3 Å². The third kappa shape index (κ3) is 2.51. The van der Waals surface area contributed by atoms with Gasteiger partial charge in [-0.3, -0.25) is 0 Å². The van der Waals surface area contributed by atoms with Crippen LogP contribution in [0.2, 0.25) is 0 Å². The third-order valence-electron chi connectivity index (χ3n) is 3.50. The largest absolute Gasteiger partial charge is 0.342 e. The number of nitrogens with zero attached hydrogens (tertiary/aromatic N) is 1. The average molecular weight is 263 g/mol. The molecule has 1 aliphatic heterocycles. The molecule has 3 rings (SSSR count). The molecule has 0 spiro atoms. The highest BCUT2D eigenvalue weighted by molar-refractivity contribution is 5.59. The zero-order valence-corrected chi connectivity index (χ0v) is 10.4. The first kappa shape index (κ1) is 12.3. The molecule has 1 saturated heterocycles. The molecule has 2 aromatic rings. The minimum Gasteiger partial charge on any atom is -0.342 e. The van der Waals surface area contributed by atoms with Gasteiger partial charge in [-0.1, -0.05) is 0 Å². The van der Waals surface area contributed by atoms with E-state index in [2.05, 4.69) is 15.3 Å². The van der Waals surface area contributed by atoms with Crippen molar-refractivity contribution in [2.75, 3.05) is 13.1 Å². The van der Waals surface area contributed by atoms with E-state index in [1.165, 1.54) is 6.07 Å². The van der Waals surface area contributed by atoms with Crippen molar-refractivity contribution in [1.82, 2.24) is 15.3 Å². The van der Waals surface area contributed by atoms with Crippen molar-refractivity contribution < 1.29 is 8.78 Å². The number of hydrogen-bond donors (Lipinski definition) is 2. The molecule has 1 aliphatic rings. The number of nitrogens with one attached hydrogen (secondary N) is 2. The first-order chi connectivity index (χ1) is 9.24. The molecule has 1 aromatic carbocycles. The van der Waals surface area contributed by atoms with E-state index in [1.54, 1.807) is 6.20 Å². The molecule has 1 unspecified atom stereocenters. The normalized spacial score (nSPS) is 19.6. The van der Waals surface area contributed by atoms with Crippen LogP contribution in [0.5, 0.6) is 0 Å². The summed E-state index contributed by atoms with van der Waals surface area (Å²) in [4.78, 5) is 7.41. The van der Waals surface area contributed by atoms with Gasteiger partial charge in [0.15, 0.2) is 0 Å². The molecule has 0 aliphatic carbocycles. The van der Waals surface area contributed by atoms with Gasteiger partial charge in [0.25, 0.3) is 0 Å². The fourth-order valence-electron chi connectivity index (χ4n) is 2.47. The summed E-state index contributed by atoms with van der Waals surface area (Å²) in [6, 6.07) is 3.43. The van der Waals surface area contributed by atoms with E-state index in [0.29, 0.717) is 11.6 Å². The lowest BCUT2D eigenvalue weighted by Gasteiger charge is -2.20. The van der Waals surface area contributed by atoms with E-state index in [4.69, 9.17) is 0 Å². The van der Waals surface area contributed by atoms with Gasteiger partial charge in [-0.2, -0.15) is 0 Å². The minimum absolute atomic E-state index is 0.225. The van der Waals surface area contributed by atoms with E-state index >= 15 is 0 Å². The van der Waals surface area contributed by atoms with Crippen molar-refractivity contribution in [1.29, 1.82) is 0 Å². The molecule has 0 amide bonds. The number of aromatic nitrogens is 2. The Labute approximate surface area is 110 Å². The Bertz CT molecular complexity index is 574. The molecule has 5 heteroatoms. The molecule has 0 saturated carbocycles. The lowest BCUT2D eigenvalue weighted by Crippen LogP contribution is -2.28. The van der Waals surface area contributed by atoms with Gasteiger partial charge in [0.2, 0.25) is 0 Å². The Balaban J connectivity index is 1.89. The maximum atomic E-state index is 13.7. The number of H-pyrrole nitrogens is 1. The predicted octanol–water partition coefficient (Wildman–Crippen LogP) is 2.82. The minimum atomic E-state index is -0.452. The second-order valence-electron chi connectivity index (χ2n) is 4.85. The van der Waals surface area contributed by atoms with Crippen molar-refractivity contribution in [2.24, 2.45) is 0 Å². The van der Waals surface area contributed by atoms with Crippen LogP contribution >= 0.6 is 0 Å². The summed E-state index contributed by atoms with van der Waals surface area (Å²) in [5.74, 6) is 0.259. The first-order valence-corrected chi connectivity index (χ1v) is 6.45. The van der Waals surface area contributed by atoms with Gasteiger partial charge in [0.05, 0.1) is 11.9 Å². The summed E-state index contributed by atoms with van der Waals surface area (Å²) in [6.45, 7) is 1.90. The number of halogens is 2. The summed E-state index contributed by atoms with van der Waals surface area (Å²) in [6.07, 6.45) is 3.74. The van der Waals surface area contributed by atoms with Crippen molar-refractivity contribution in [3.63, 3.8) is 0 Å². The Hall–Kier alpha value is -1.75. The zero-order valence-electron chi connectivity index (χ0n) is 10.4. The summed E-state index contributed by atoms with van der Waals surface area (Å²) in [5, 5.41) is 3.31. The number of imidazole rings is 1. The van der Waals surface area contributed by atoms with E-state index in [1.807, 2.05) is 0 Å². The van der Waals surface area contributed by atoms with Crippen LogP contribution in [0, 0.1) is 11.6 Å². The van der Waals surface area contributed by atoms with Gasteiger partial charge in [-0.25, -0.2) is 13.8 Å². The monoisotopic (exact) mass is 263 g/mol. The molecule has 1 aromatic heterocycles. The molecule has 3 nitrogen and oxygen atoms in total. The topological polar surface area (TPSA) is 40.7 Å². The van der Waals surface area contributed by atoms with Crippen LogP contribution in [0.1, 0.15) is 24.6 Å². The molecule has 100 valence electrons. The Morgan fingerprint density at radius 3 is 2.95 bits per heavy atom. The quantitative estimate of drug-likeness (QED) is 0.874. The van der Waals surface area contributed by atoms with Gasteiger partial charge in [0, 0.05) is 18.0 Å². The summed E-state index contributed by atoms with van der Waals surface area (Å²) in [7, 11) is 0. The molecule has 1 atom stereocenters. The second-order valence-corrected chi connectivity index (χ2v) is 4.85. The molecule has 2 N–H and O–H groups in total. The van der Waals surface area contributed by atoms with Crippen molar-refractivity contribution in [3.8, 4) is 11.3 Å². The van der Waals surface area contributed by atoms with Crippen molar-refractivity contribution >= 4 is 0 Å². The van der Waals surface area contributed by atoms with Crippen LogP contribution in [0.3, 0.4) is 0 Å². The van der Waals surface area contributed by atoms with Gasteiger partial charge in [0.1, 0.15) is 17.5 Å². The second kappa shape index (κ2) is 5.09. The van der Waals surface area contributed by atoms with Gasteiger partial charge >= 0.3 is 0 Å². The fraction of sp³-hybridized carbons (Fsp3) is 0.357. The highest BCUT2D eigenvalue weighted by Gasteiger charge is 2.19. The van der Waals surface area contributed by atoms with E-state index in [9.17, 15) is 8.78 Å². The summed E-state index contributed by atoms with van der Waals surface area (Å²) >= 11 is 0. The van der Waals surface area contributed by atoms with Crippen molar-refractivity contribution in [2.45, 2.75) is 18.8 Å². The molecular weight excluding hydrogens is 248 g/mol. The van der Waals surface area contributed by atoms with Gasteiger partial charge in [-0.05, 0) is 37.6 Å². The molecule has 2 heterocycles. The summed E-state index contributed by atoms with van der Waals surface area (Å²) < 4.78 is 26.9. The number of hydrogen-bond acceptors (Lipinski definition) is 2. The Morgan fingerprint density at radius 2 is 2.16 bits per heavy atom. The standard InChI is InChI=1S/C14H15F2N3/c15-10-3-4-12(16)11(6-10)13-8-18-14(19-13)9-2-1-5-17-7-9/h3-4,6,8-9,17H,1-2,5,7H2,(H,18,19). The highest BCUT2D eigenvalue weighted by atomic mass is 19.1. The smallest absolute Gasteiger partial charge is 0.132 e. The van der Waals surface area contributed by atoms with E-state index in [0.717, 1.165) is 43.9 Å². The molecule has 19 heavy (non-hydrogen) atoms. The van der Waals surface area contributed by atoms with E-state index in [-0.39, 0.29) is 5.56 Å². The van der Waals surface area contributed by atoms with Crippen LogP contribution in [0.4, 0.5) is 8.78 Å². The molecular formula is C14H15F2N3. The number of piperidine rings is 1. The SMILES string of the molecule is Fc1ccc(F)c(-c2cnc(C3CCCNC3)[nH]2)c1. The predicted molar refractivity (Wildman–Crippen MR) is 68.8 cm³/mol. The Kier molecular flexibility index (Phi) is 3.29. The number of rotatable bonds is 2. The Morgan fingerprint density at radius 1 is 1.26 bits per heavy atom. The van der Waals surface area contributed by atoms with Gasteiger partial charge in [-0.15, -0.1) is 0 Å². The zero-order chi connectivity index (χ0) is 13.2. The summed E-state index contributed by atoms with van der Waals surface area (Å²) in [5.41, 5.74) is 0.750. The third-order valence-corrected chi connectivity index (χ3v) is 3.50.